The lowest BCUT2D eigenvalue weighted by molar-refractivity contribution is -0.146. The van der Waals surface area contributed by atoms with Crippen LogP contribution in [0.3, 0.4) is 0 Å². The minimum atomic E-state index is -0.956. The first-order chi connectivity index (χ1) is 25.8. The molecular weight excluding hydrogens is 665 g/mol. The molecule has 0 aliphatic rings. The highest BCUT2D eigenvalue weighted by molar-refractivity contribution is 6.08. The summed E-state index contributed by atoms with van der Waals surface area (Å²) in [5.74, 6) is -1.49. The highest BCUT2D eigenvalue weighted by Gasteiger charge is 2.37. The molecule has 0 bridgehead atoms. The van der Waals surface area contributed by atoms with E-state index in [0.29, 0.717) is 31.4 Å². The Morgan fingerprint density at radius 3 is 2.06 bits per heavy atom. The second-order valence-electron chi connectivity index (χ2n) is 13.5. The van der Waals surface area contributed by atoms with Gasteiger partial charge in [-0.3, -0.25) is 19.2 Å². The SMILES string of the molecule is CCCN(C(=O)[C@H](CCCC(=O)OCc1ccccc1)N(Cc1ccccc1)C(=O)c1c[nH]c2ccccc12)[C@H](CC(N)=O)Cc1ccc(CC)cc1. The van der Waals surface area contributed by atoms with Crippen molar-refractivity contribution in [3.63, 3.8) is 0 Å². The molecule has 9 nitrogen and oxygen atoms in total. The fourth-order valence-electron chi connectivity index (χ4n) is 6.78. The van der Waals surface area contributed by atoms with Gasteiger partial charge in [-0.1, -0.05) is 117 Å². The summed E-state index contributed by atoms with van der Waals surface area (Å²) in [5, 5.41) is 0.749. The Kier molecular flexibility index (Phi) is 14.0. The fourth-order valence-corrected chi connectivity index (χ4v) is 6.78. The number of carbonyl (C=O) groups excluding carboxylic acids is 4. The van der Waals surface area contributed by atoms with Gasteiger partial charge in [0.05, 0.1) is 5.56 Å². The summed E-state index contributed by atoms with van der Waals surface area (Å²) >= 11 is 0. The molecule has 53 heavy (non-hydrogen) atoms. The van der Waals surface area contributed by atoms with E-state index in [1.807, 2.05) is 104 Å². The maximum absolute atomic E-state index is 15.2. The molecule has 4 aromatic carbocycles. The lowest BCUT2D eigenvalue weighted by atomic mass is 9.97. The summed E-state index contributed by atoms with van der Waals surface area (Å²) in [7, 11) is 0. The van der Waals surface area contributed by atoms with Crippen LogP contribution < -0.4 is 5.73 Å². The first-order valence-electron chi connectivity index (χ1n) is 18.5. The molecule has 0 fully saturated rings. The van der Waals surface area contributed by atoms with Crippen LogP contribution in [0.1, 0.15) is 78.6 Å². The number of nitrogens with two attached hydrogens (primary N) is 1. The van der Waals surface area contributed by atoms with Gasteiger partial charge in [-0.2, -0.15) is 0 Å². The number of aryl methyl sites for hydroxylation is 1. The lowest BCUT2D eigenvalue weighted by Gasteiger charge is -2.38. The zero-order valence-electron chi connectivity index (χ0n) is 30.7. The average Bonchev–Trinajstić information content (AvgIpc) is 3.62. The van der Waals surface area contributed by atoms with E-state index in [1.54, 1.807) is 16.0 Å². The number of hydrogen-bond donors (Lipinski definition) is 2. The number of aromatic nitrogens is 1. The van der Waals surface area contributed by atoms with Crippen LogP contribution in [0, 0.1) is 0 Å². The maximum atomic E-state index is 15.2. The van der Waals surface area contributed by atoms with Crippen molar-refractivity contribution >= 4 is 34.6 Å². The van der Waals surface area contributed by atoms with E-state index in [9.17, 15) is 14.4 Å². The number of ether oxygens (including phenoxy) is 1. The van der Waals surface area contributed by atoms with Crippen molar-refractivity contribution in [2.24, 2.45) is 5.73 Å². The molecule has 1 heterocycles. The van der Waals surface area contributed by atoms with Crippen LogP contribution in [0.4, 0.5) is 0 Å². The number of hydrogen-bond acceptors (Lipinski definition) is 5. The van der Waals surface area contributed by atoms with Gasteiger partial charge in [-0.15, -0.1) is 0 Å². The molecule has 0 saturated carbocycles. The van der Waals surface area contributed by atoms with Gasteiger partial charge in [0.15, 0.2) is 0 Å². The Morgan fingerprint density at radius 1 is 0.755 bits per heavy atom. The number of primary amides is 1. The van der Waals surface area contributed by atoms with E-state index in [2.05, 4.69) is 24.0 Å². The number of esters is 1. The molecule has 276 valence electrons. The number of aromatic amines is 1. The summed E-state index contributed by atoms with van der Waals surface area (Å²) in [4.78, 5) is 62.0. The first-order valence-corrected chi connectivity index (χ1v) is 18.5. The second-order valence-corrected chi connectivity index (χ2v) is 13.5. The predicted molar refractivity (Wildman–Crippen MR) is 208 cm³/mol. The molecule has 0 aliphatic heterocycles. The summed E-state index contributed by atoms with van der Waals surface area (Å²) in [6, 6.07) is 33.3. The lowest BCUT2D eigenvalue weighted by Crippen LogP contribution is -2.54. The largest absolute Gasteiger partial charge is 0.461 e. The van der Waals surface area contributed by atoms with E-state index < -0.39 is 18.0 Å². The third-order valence-corrected chi connectivity index (χ3v) is 9.57. The van der Waals surface area contributed by atoms with Crippen molar-refractivity contribution in [1.29, 1.82) is 0 Å². The van der Waals surface area contributed by atoms with Gasteiger partial charge in [0.1, 0.15) is 12.6 Å². The van der Waals surface area contributed by atoms with Crippen molar-refractivity contribution < 1.29 is 23.9 Å². The topological polar surface area (TPSA) is 126 Å². The number of fused-ring (bicyclic) bond motifs is 1. The van der Waals surface area contributed by atoms with Crippen LogP contribution in [-0.2, 0) is 45.1 Å². The molecule has 1 aromatic heterocycles. The molecule has 9 heteroatoms. The van der Waals surface area contributed by atoms with Gasteiger partial charge in [0, 0.05) is 49.1 Å². The van der Waals surface area contributed by atoms with Gasteiger partial charge < -0.3 is 25.3 Å². The maximum Gasteiger partial charge on any atom is 0.306 e. The van der Waals surface area contributed by atoms with Gasteiger partial charge in [0.25, 0.3) is 5.91 Å². The molecule has 0 aliphatic carbocycles. The Morgan fingerprint density at radius 2 is 1.40 bits per heavy atom. The van der Waals surface area contributed by atoms with E-state index >= 15 is 4.79 Å². The van der Waals surface area contributed by atoms with Gasteiger partial charge in [-0.05, 0) is 60.4 Å². The van der Waals surface area contributed by atoms with Gasteiger partial charge in [-0.25, -0.2) is 0 Å². The molecule has 3 N–H and O–H groups in total. The second kappa shape index (κ2) is 19.2. The van der Waals surface area contributed by atoms with Crippen molar-refractivity contribution in [3.8, 4) is 0 Å². The Hall–Kier alpha value is -5.70. The first kappa shape index (κ1) is 38.5. The van der Waals surface area contributed by atoms with Crippen molar-refractivity contribution in [2.45, 2.75) is 84.0 Å². The number of benzene rings is 4. The molecular formula is C44H50N4O5. The Labute approximate surface area is 312 Å². The smallest absolute Gasteiger partial charge is 0.306 e. The van der Waals surface area contributed by atoms with E-state index in [1.165, 1.54) is 5.56 Å². The average molecular weight is 715 g/mol. The number of amides is 3. The van der Waals surface area contributed by atoms with E-state index in [4.69, 9.17) is 10.5 Å². The molecule has 0 spiro atoms. The standard InChI is InChI=1S/C44H50N4O5/c1-3-26-47(36(28-41(45)49)27-33-24-22-32(4-2)23-25-33)44(52)40(20-13-21-42(50)53-31-35-16-9-6-10-17-35)48(30-34-14-7-5-8-15-34)43(51)38-29-46-39-19-12-11-18-37(38)39/h5-12,14-19,22-25,29,36,40,46H,3-4,13,20-21,26-28,30-31H2,1-2H3,(H2,45,49)/t36-,40-/m0/s1. The number of para-hydroxylation sites is 1. The number of nitrogens with zero attached hydrogens (tertiary/aromatic N) is 2. The van der Waals surface area contributed by atoms with Crippen molar-refractivity contribution in [3.05, 3.63) is 143 Å². The minimum Gasteiger partial charge on any atom is -0.461 e. The van der Waals surface area contributed by atoms with Crippen LogP contribution in [0.15, 0.2) is 115 Å². The van der Waals surface area contributed by atoms with E-state index in [0.717, 1.165) is 34.0 Å². The fraction of sp³-hybridized carbons (Fsp3) is 0.318. The van der Waals surface area contributed by atoms with Crippen LogP contribution in [0.5, 0.6) is 0 Å². The summed E-state index contributed by atoms with van der Waals surface area (Å²) < 4.78 is 5.56. The zero-order chi connectivity index (χ0) is 37.6. The number of rotatable bonds is 19. The molecule has 0 radical (unpaired) electrons. The van der Waals surface area contributed by atoms with Gasteiger partial charge in [0.2, 0.25) is 11.8 Å². The van der Waals surface area contributed by atoms with Gasteiger partial charge >= 0.3 is 5.97 Å². The summed E-state index contributed by atoms with van der Waals surface area (Å²) in [6.45, 7) is 4.75. The molecule has 0 unspecified atom stereocenters. The quantitative estimate of drug-likeness (QED) is 0.0864. The number of nitrogens with one attached hydrogen (secondary N) is 1. The third kappa shape index (κ3) is 10.7. The van der Waals surface area contributed by atoms with Crippen molar-refractivity contribution in [1.82, 2.24) is 14.8 Å². The minimum absolute atomic E-state index is 0.0329. The van der Waals surface area contributed by atoms with Crippen LogP contribution in [-0.4, -0.2) is 57.1 Å². The Balaban J connectivity index is 1.50. The van der Waals surface area contributed by atoms with E-state index in [-0.39, 0.29) is 50.2 Å². The van der Waals surface area contributed by atoms with Crippen LogP contribution in [0.25, 0.3) is 10.9 Å². The predicted octanol–water partition coefficient (Wildman–Crippen LogP) is 7.38. The molecule has 5 aromatic rings. The highest BCUT2D eigenvalue weighted by Crippen LogP contribution is 2.26. The van der Waals surface area contributed by atoms with Crippen molar-refractivity contribution in [2.75, 3.05) is 6.54 Å². The molecule has 5 rings (SSSR count). The van der Waals surface area contributed by atoms with Crippen LogP contribution >= 0.6 is 0 Å². The third-order valence-electron chi connectivity index (χ3n) is 9.57. The molecule has 3 amide bonds. The number of H-pyrrole nitrogens is 1. The summed E-state index contributed by atoms with van der Waals surface area (Å²) in [5.41, 5.74) is 11.0. The zero-order valence-corrected chi connectivity index (χ0v) is 30.7. The Bertz CT molecular complexity index is 1940. The summed E-state index contributed by atoms with van der Waals surface area (Å²) in [6.07, 6.45) is 4.18. The molecule has 2 atom stereocenters. The molecule has 0 saturated heterocycles. The highest BCUT2D eigenvalue weighted by atomic mass is 16.5. The monoisotopic (exact) mass is 714 g/mol. The normalized spacial score (nSPS) is 12.2. The van der Waals surface area contributed by atoms with Crippen LogP contribution in [0.2, 0.25) is 0 Å². The number of carbonyl (C=O) groups is 4.